The summed E-state index contributed by atoms with van der Waals surface area (Å²) in [6.07, 6.45) is 8.50. The van der Waals surface area contributed by atoms with Gasteiger partial charge in [-0.05, 0) is 36.5 Å². The van der Waals surface area contributed by atoms with Crippen LogP contribution in [-0.2, 0) is 0 Å². The van der Waals surface area contributed by atoms with E-state index in [1.54, 1.807) is 6.20 Å². The monoisotopic (exact) mass is 337 g/mol. The minimum atomic E-state index is -0.0997. The average molecular weight is 337 g/mol. The second kappa shape index (κ2) is 8.15. The van der Waals surface area contributed by atoms with Gasteiger partial charge < -0.3 is 10.2 Å². The summed E-state index contributed by atoms with van der Waals surface area (Å²) in [6.45, 7) is 6.35. The fourth-order valence-corrected chi connectivity index (χ4v) is 3.36. The zero-order valence-corrected chi connectivity index (χ0v) is 15.2. The Morgan fingerprint density at radius 2 is 1.80 bits per heavy atom. The van der Waals surface area contributed by atoms with Crippen molar-refractivity contribution in [3.63, 3.8) is 0 Å². The number of nitrogens with zero attached hydrogens (tertiary/aromatic N) is 2. The normalized spacial score (nSPS) is 15.1. The molecule has 2 aromatic rings. The van der Waals surface area contributed by atoms with E-state index in [0.717, 1.165) is 30.0 Å². The van der Waals surface area contributed by atoms with Crippen LogP contribution in [0, 0.1) is 0 Å². The van der Waals surface area contributed by atoms with Crippen molar-refractivity contribution in [2.75, 3.05) is 23.3 Å². The third kappa shape index (κ3) is 4.38. The largest absolute Gasteiger partial charge is 0.370 e. The highest BCUT2D eigenvalue weighted by molar-refractivity contribution is 6.05. The molecule has 1 aliphatic rings. The highest BCUT2D eigenvalue weighted by Crippen LogP contribution is 2.25. The molecule has 1 fully saturated rings. The first-order valence-corrected chi connectivity index (χ1v) is 9.25. The van der Waals surface area contributed by atoms with Crippen LogP contribution >= 0.6 is 0 Å². The van der Waals surface area contributed by atoms with E-state index in [1.165, 1.54) is 25.7 Å². The van der Waals surface area contributed by atoms with Crippen molar-refractivity contribution >= 4 is 17.3 Å². The highest BCUT2D eigenvalue weighted by atomic mass is 16.1. The van der Waals surface area contributed by atoms with Gasteiger partial charge in [-0.1, -0.05) is 44.9 Å². The number of anilines is 2. The number of pyridine rings is 1. The fourth-order valence-electron chi connectivity index (χ4n) is 3.36. The lowest BCUT2D eigenvalue weighted by molar-refractivity contribution is 0.102. The fraction of sp³-hybridized carbons (Fsp3) is 0.429. The number of benzene rings is 1. The van der Waals surface area contributed by atoms with E-state index in [0.29, 0.717) is 11.5 Å². The zero-order valence-electron chi connectivity index (χ0n) is 15.2. The SMILES string of the molecule is CC(C)c1ccccc1NC(=O)c1cncc(N2CCCCCC2)c1. The van der Waals surface area contributed by atoms with Gasteiger partial charge in [0, 0.05) is 25.0 Å². The second-order valence-corrected chi connectivity index (χ2v) is 7.03. The van der Waals surface area contributed by atoms with Crippen LogP contribution in [0.2, 0.25) is 0 Å². The van der Waals surface area contributed by atoms with Crippen LogP contribution in [0.3, 0.4) is 0 Å². The molecule has 1 aromatic heterocycles. The van der Waals surface area contributed by atoms with E-state index < -0.39 is 0 Å². The van der Waals surface area contributed by atoms with Crippen molar-refractivity contribution in [2.24, 2.45) is 0 Å². The number of nitrogens with one attached hydrogen (secondary N) is 1. The maximum absolute atomic E-state index is 12.7. The molecule has 2 heterocycles. The Labute approximate surface area is 150 Å². The van der Waals surface area contributed by atoms with E-state index in [-0.39, 0.29) is 5.91 Å². The summed E-state index contributed by atoms with van der Waals surface area (Å²) >= 11 is 0. The van der Waals surface area contributed by atoms with E-state index in [2.05, 4.69) is 35.1 Å². The van der Waals surface area contributed by atoms with Gasteiger partial charge in [0.2, 0.25) is 0 Å². The van der Waals surface area contributed by atoms with Gasteiger partial charge in [-0.25, -0.2) is 0 Å². The van der Waals surface area contributed by atoms with Gasteiger partial charge in [0.05, 0.1) is 17.4 Å². The zero-order chi connectivity index (χ0) is 17.6. The molecular weight excluding hydrogens is 310 g/mol. The molecule has 0 saturated carbocycles. The van der Waals surface area contributed by atoms with Gasteiger partial charge in [-0.2, -0.15) is 0 Å². The third-order valence-corrected chi connectivity index (χ3v) is 4.79. The molecule has 1 aliphatic heterocycles. The van der Waals surface area contributed by atoms with Crippen molar-refractivity contribution < 1.29 is 4.79 Å². The molecule has 4 heteroatoms. The van der Waals surface area contributed by atoms with Crippen molar-refractivity contribution in [3.8, 4) is 0 Å². The van der Waals surface area contributed by atoms with Crippen molar-refractivity contribution in [1.82, 2.24) is 4.98 Å². The molecule has 0 atom stereocenters. The Morgan fingerprint density at radius 1 is 1.08 bits per heavy atom. The summed E-state index contributed by atoms with van der Waals surface area (Å²) in [5.41, 5.74) is 3.68. The Bertz CT molecular complexity index is 719. The maximum Gasteiger partial charge on any atom is 0.257 e. The molecule has 1 saturated heterocycles. The molecule has 0 spiro atoms. The molecular formula is C21H27N3O. The molecule has 132 valence electrons. The van der Waals surface area contributed by atoms with Crippen LogP contribution < -0.4 is 10.2 Å². The summed E-state index contributed by atoms with van der Waals surface area (Å²) in [7, 11) is 0. The molecule has 4 nitrogen and oxygen atoms in total. The molecule has 0 aliphatic carbocycles. The first kappa shape index (κ1) is 17.5. The summed E-state index contributed by atoms with van der Waals surface area (Å²) in [4.78, 5) is 19.4. The predicted molar refractivity (Wildman–Crippen MR) is 103 cm³/mol. The Morgan fingerprint density at radius 3 is 2.52 bits per heavy atom. The average Bonchev–Trinajstić information content (AvgIpc) is 2.91. The minimum Gasteiger partial charge on any atom is -0.370 e. The molecule has 1 aromatic carbocycles. The van der Waals surface area contributed by atoms with Crippen molar-refractivity contribution in [2.45, 2.75) is 45.4 Å². The van der Waals surface area contributed by atoms with Gasteiger partial charge in [0.25, 0.3) is 5.91 Å². The number of amides is 1. The molecule has 0 unspecified atom stereocenters. The number of carbonyl (C=O) groups is 1. The van der Waals surface area contributed by atoms with Gasteiger partial charge in [0.1, 0.15) is 0 Å². The van der Waals surface area contributed by atoms with Gasteiger partial charge >= 0.3 is 0 Å². The predicted octanol–water partition coefficient (Wildman–Crippen LogP) is 4.84. The van der Waals surface area contributed by atoms with Gasteiger partial charge in [0.15, 0.2) is 0 Å². The van der Waals surface area contributed by atoms with Gasteiger partial charge in [-0.15, -0.1) is 0 Å². The lowest BCUT2D eigenvalue weighted by Gasteiger charge is -2.22. The van der Waals surface area contributed by atoms with Crippen LogP contribution in [0.15, 0.2) is 42.7 Å². The van der Waals surface area contributed by atoms with E-state index in [1.807, 2.05) is 30.5 Å². The Balaban J connectivity index is 1.78. The van der Waals surface area contributed by atoms with E-state index >= 15 is 0 Å². The Kier molecular flexibility index (Phi) is 5.69. The van der Waals surface area contributed by atoms with Crippen LogP contribution in [0.5, 0.6) is 0 Å². The molecule has 25 heavy (non-hydrogen) atoms. The molecule has 0 radical (unpaired) electrons. The van der Waals surface area contributed by atoms with Crippen LogP contribution in [0.25, 0.3) is 0 Å². The maximum atomic E-state index is 12.7. The lowest BCUT2D eigenvalue weighted by atomic mass is 10.0. The van der Waals surface area contributed by atoms with Crippen molar-refractivity contribution in [3.05, 3.63) is 53.9 Å². The molecule has 1 N–H and O–H groups in total. The quantitative estimate of drug-likeness (QED) is 0.868. The van der Waals surface area contributed by atoms with Crippen molar-refractivity contribution in [1.29, 1.82) is 0 Å². The van der Waals surface area contributed by atoms with E-state index in [9.17, 15) is 4.79 Å². The number of para-hydroxylation sites is 1. The lowest BCUT2D eigenvalue weighted by Crippen LogP contribution is -2.24. The molecule has 1 amide bonds. The number of hydrogen-bond donors (Lipinski definition) is 1. The first-order chi connectivity index (χ1) is 12.1. The van der Waals surface area contributed by atoms with Gasteiger partial charge in [-0.3, -0.25) is 9.78 Å². The summed E-state index contributed by atoms with van der Waals surface area (Å²) in [6, 6.07) is 9.94. The first-order valence-electron chi connectivity index (χ1n) is 9.25. The summed E-state index contributed by atoms with van der Waals surface area (Å²) in [5, 5.41) is 3.05. The topological polar surface area (TPSA) is 45.2 Å². The highest BCUT2D eigenvalue weighted by Gasteiger charge is 2.15. The summed E-state index contributed by atoms with van der Waals surface area (Å²) < 4.78 is 0. The Hall–Kier alpha value is -2.36. The van der Waals surface area contributed by atoms with Crippen LogP contribution in [-0.4, -0.2) is 24.0 Å². The minimum absolute atomic E-state index is 0.0997. The number of rotatable bonds is 4. The van der Waals surface area contributed by atoms with Crippen LogP contribution in [0.4, 0.5) is 11.4 Å². The molecule has 0 bridgehead atoms. The molecule has 3 rings (SSSR count). The number of carbonyl (C=O) groups excluding carboxylic acids is 1. The summed E-state index contributed by atoms with van der Waals surface area (Å²) in [5.74, 6) is 0.260. The number of aromatic nitrogens is 1. The van der Waals surface area contributed by atoms with E-state index in [4.69, 9.17) is 0 Å². The smallest absolute Gasteiger partial charge is 0.257 e. The standard InChI is InChI=1S/C21H27N3O/c1-16(2)19-9-5-6-10-20(19)23-21(25)17-13-18(15-22-14-17)24-11-7-3-4-8-12-24/h5-6,9-10,13-16H,3-4,7-8,11-12H2,1-2H3,(H,23,25). The third-order valence-electron chi connectivity index (χ3n) is 4.79. The number of hydrogen-bond acceptors (Lipinski definition) is 3. The van der Waals surface area contributed by atoms with Crippen LogP contribution in [0.1, 0.15) is 61.4 Å². The second-order valence-electron chi connectivity index (χ2n) is 7.03.